The highest BCUT2D eigenvalue weighted by molar-refractivity contribution is 5.76. The lowest BCUT2D eigenvalue weighted by molar-refractivity contribution is -0.121. The third kappa shape index (κ3) is 5.50. The zero-order valence-corrected chi connectivity index (χ0v) is 10.6. The van der Waals surface area contributed by atoms with Crippen LogP contribution in [0.5, 0.6) is 0 Å². The van der Waals surface area contributed by atoms with Crippen molar-refractivity contribution in [3.63, 3.8) is 0 Å². The van der Waals surface area contributed by atoms with Gasteiger partial charge in [0, 0.05) is 12.5 Å². The summed E-state index contributed by atoms with van der Waals surface area (Å²) in [4.78, 5) is 11.7. The summed E-state index contributed by atoms with van der Waals surface area (Å²) in [6.45, 7) is 3.96. The summed E-state index contributed by atoms with van der Waals surface area (Å²) in [6.07, 6.45) is 2.30. The van der Waals surface area contributed by atoms with E-state index < -0.39 is 0 Å². The predicted molar refractivity (Wildman–Crippen MR) is 70.5 cm³/mol. The molecule has 0 spiro atoms. The zero-order chi connectivity index (χ0) is 12.7. The number of hydrogen-bond donors (Lipinski definition) is 2. The van der Waals surface area contributed by atoms with Gasteiger partial charge in [-0.1, -0.05) is 30.3 Å². The lowest BCUT2D eigenvalue weighted by Crippen LogP contribution is -2.26. The summed E-state index contributed by atoms with van der Waals surface area (Å²) < 4.78 is 0. The van der Waals surface area contributed by atoms with E-state index in [1.807, 2.05) is 44.2 Å². The molecule has 0 aromatic heterocycles. The fraction of sp³-hybridized carbons (Fsp3) is 0.500. The molecule has 1 rings (SSSR count). The van der Waals surface area contributed by atoms with Crippen LogP contribution in [0.1, 0.15) is 44.7 Å². The van der Waals surface area contributed by atoms with Gasteiger partial charge >= 0.3 is 0 Å². The molecule has 0 aliphatic rings. The van der Waals surface area contributed by atoms with Crippen molar-refractivity contribution in [2.45, 2.75) is 45.2 Å². The monoisotopic (exact) mass is 234 g/mol. The molecular weight excluding hydrogens is 212 g/mol. The van der Waals surface area contributed by atoms with Crippen LogP contribution >= 0.6 is 0 Å². The number of carbonyl (C=O) groups excluding carboxylic acids is 1. The van der Waals surface area contributed by atoms with Crippen LogP contribution in [0, 0.1) is 0 Å². The molecule has 1 aromatic rings. The highest BCUT2D eigenvalue weighted by Gasteiger charge is 2.08. The molecule has 0 radical (unpaired) electrons. The molecule has 0 saturated carbocycles. The summed E-state index contributed by atoms with van der Waals surface area (Å²) in [7, 11) is 0. The Balaban J connectivity index is 2.31. The van der Waals surface area contributed by atoms with Crippen LogP contribution in [0.2, 0.25) is 0 Å². The molecule has 2 atom stereocenters. The van der Waals surface area contributed by atoms with Gasteiger partial charge in [-0.25, -0.2) is 0 Å². The molecule has 0 aliphatic carbocycles. The van der Waals surface area contributed by atoms with Crippen molar-refractivity contribution < 1.29 is 4.79 Å². The van der Waals surface area contributed by atoms with E-state index in [1.54, 1.807) is 0 Å². The van der Waals surface area contributed by atoms with Crippen LogP contribution in [-0.4, -0.2) is 11.9 Å². The number of nitrogens with two attached hydrogens (primary N) is 1. The third-order valence-corrected chi connectivity index (χ3v) is 2.74. The Morgan fingerprint density at radius 3 is 2.53 bits per heavy atom. The Morgan fingerprint density at radius 1 is 1.29 bits per heavy atom. The molecule has 0 heterocycles. The molecule has 0 saturated heterocycles. The Labute approximate surface area is 103 Å². The second kappa shape index (κ2) is 7.07. The van der Waals surface area contributed by atoms with Crippen LogP contribution in [0.4, 0.5) is 0 Å². The Bertz CT molecular complexity index is 335. The first-order valence-corrected chi connectivity index (χ1v) is 6.19. The maximum atomic E-state index is 11.7. The summed E-state index contributed by atoms with van der Waals surface area (Å²) in [5.41, 5.74) is 6.77. The van der Waals surface area contributed by atoms with Gasteiger partial charge in [0.2, 0.25) is 5.91 Å². The van der Waals surface area contributed by atoms with Crippen molar-refractivity contribution in [3.8, 4) is 0 Å². The van der Waals surface area contributed by atoms with E-state index in [0.29, 0.717) is 6.42 Å². The van der Waals surface area contributed by atoms with Gasteiger partial charge in [-0.2, -0.15) is 0 Å². The highest BCUT2D eigenvalue weighted by Crippen LogP contribution is 2.11. The van der Waals surface area contributed by atoms with Crippen LogP contribution in [0.3, 0.4) is 0 Å². The van der Waals surface area contributed by atoms with E-state index in [9.17, 15) is 4.79 Å². The van der Waals surface area contributed by atoms with E-state index in [0.717, 1.165) is 18.4 Å². The molecule has 1 unspecified atom stereocenters. The van der Waals surface area contributed by atoms with Gasteiger partial charge in [-0.3, -0.25) is 4.79 Å². The van der Waals surface area contributed by atoms with E-state index in [-0.39, 0.29) is 18.0 Å². The summed E-state index contributed by atoms with van der Waals surface area (Å²) in [6, 6.07) is 10.2. The topological polar surface area (TPSA) is 55.1 Å². The molecular formula is C14H22N2O. The van der Waals surface area contributed by atoms with Crippen LogP contribution in [0.15, 0.2) is 30.3 Å². The molecule has 3 N–H and O–H groups in total. The first-order valence-electron chi connectivity index (χ1n) is 6.19. The van der Waals surface area contributed by atoms with Crippen molar-refractivity contribution in [2.24, 2.45) is 5.73 Å². The van der Waals surface area contributed by atoms with Gasteiger partial charge in [0.05, 0.1) is 6.04 Å². The van der Waals surface area contributed by atoms with Crippen molar-refractivity contribution >= 4 is 5.91 Å². The van der Waals surface area contributed by atoms with Crippen LogP contribution in [0.25, 0.3) is 0 Å². The van der Waals surface area contributed by atoms with Gasteiger partial charge in [-0.15, -0.1) is 0 Å². The maximum absolute atomic E-state index is 11.7. The number of rotatable bonds is 6. The minimum Gasteiger partial charge on any atom is -0.350 e. The fourth-order valence-corrected chi connectivity index (χ4v) is 1.72. The van der Waals surface area contributed by atoms with Crippen molar-refractivity contribution in [2.75, 3.05) is 0 Å². The average Bonchev–Trinajstić information content (AvgIpc) is 2.29. The minimum absolute atomic E-state index is 0.0685. The molecule has 3 heteroatoms. The second-order valence-corrected chi connectivity index (χ2v) is 4.57. The van der Waals surface area contributed by atoms with Crippen molar-refractivity contribution in [1.82, 2.24) is 5.32 Å². The summed E-state index contributed by atoms with van der Waals surface area (Å²) in [5.74, 6) is 0.0991. The molecule has 0 aliphatic heterocycles. The van der Waals surface area contributed by atoms with Gasteiger partial charge in [-0.05, 0) is 32.3 Å². The van der Waals surface area contributed by atoms with E-state index >= 15 is 0 Å². The zero-order valence-electron chi connectivity index (χ0n) is 10.6. The quantitative estimate of drug-likeness (QED) is 0.794. The van der Waals surface area contributed by atoms with E-state index in [2.05, 4.69) is 5.32 Å². The van der Waals surface area contributed by atoms with E-state index in [4.69, 9.17) is 5.73 Å². The number of amides is 1. The highest BCUT2D eigenvalue weighted by atomic mass is 16.1. The summed E-state index contributed by atoms with van der Waals surface area (Å²) >= 11 is 0. The average molecular weight is 234 g/mol. The fourth-order valence-electron chi connectivity index (χ4n) is 1.72. The number of hydrogen-bond acceptors (Lipinski definition) is 2. The SMILES string of the molecule is CC(N)CCCC(=O)N[C@H](C)c1ccccc1. The molecule has 0 fully saturated rings. The van der Waals surface area contributed by atoms with Crippen LogP contribution < -0.4 is 11.1 Å². The largest absolute Gasteiger partial charge is 0.350 e. The second-order valence-electron chi connectivity index (χ2n) is 4.57. The van der Waals surface area contributed by atoms with Gasteiger partial charge < -0.3 is 11.1 Å². The first-order chi connectivity index (χ1) is 8.09. The van der Waals surface area contributed by atoms with Crippen LogP contribution in [-0.2, 0) is 4.79 Å². The normalized spacial score (nSPS) is 14.1. The number of carbonyl (C=O) groups is 1. The maximum Gasteiger partial charge on any atom is 0.220 e. The first kappa shape index (κ1) is 13.7. The Morgan fingerprint density at radius 2 is 1.94 bits per heavy atom. The molecule has 0 bridgehead atoms. The van der Waals surface area contributed by atoms with Gasteiger partial charge in [0.25, 0.3) is 0 Å². The van der Waals surface area contributed by atoms with Gasteiger partial charge in [0.1, 0.15) is 0 Å². The number of benzene rings is 1. The lowest BCUT2D eigenvalue weighted by Gasteiger charge is -2.14. The van der Waals surface area contributed by atoms with E-state index in [1.165, 1.54) is 0 Å². The van der Waals surface area contributed by atoms with Crippen molar-refractivity contribution in [1.29, 1.82) is 0 Å². The lowest BCUT2D eigenvalue weighted by atomic mass is 10.1. The molecule has 94 valence electrons. The standard InChI is InChI=1S/C14H22N2O/c1-11(15)7-6-10-14(17)16-12(2)13-8-4-3-5-9-13/h3-5,8-9,11-12H,6-7,10,15H2,1-2H3,(H,16,17)/t11?,12-/m1/s1. The Kier molecular flexibility index (Phi) is 5.70. The third-order valence-electron chi connectivity index (χ3n) is 2.74. The van der Waals surface area contributed by atoms with Crippen molar-refractivity contribution in [3.05, 3.63) is 35.9 Å². The molecule has 17 heavy (non-hydrogen) atoms. The summed E-state index contributed by atoms with van der Waals surface area (Å²) in [5, 5.41) is 2.99. The molecule has 1 amide bonds. The predicted octanol–water partition coefficient (Wildman–Crippen LogP) is 2.38. The smallest absolute Gasteiger partial charge is 0.220 e. The Hall–Kier alpha value is -1.35. The minimum atomic E-state index is 0.0685. The van der Waals surface area contributed by atoms with Gasteiger partial charge in [0.15, 0.2) is 0 Å². The number of nitrogens with one attached hydrogen (secondary N) is 1. The molecule has 3 nitrogen and oxygen atoms in total. The molecule has 1 aromatic carbocycles.